The van der Waals surface area contributed by atoms with Gasteiger partial charge in [0.2, 0.25) is 0 Å². The second-order valence-electron chi connectivity index (χ2n) is 8.12. The first-order valence-corrected chi connectivity index (χ1v) is 10.5. The molecular weight excluding hydrogens is 430 g/mol. The maximum atomic E-state index is 14.8. The highest BCUT2D eigenvalue weighted by atomic mass is 19.1. The van der Waals surface area contributed by atoms with Gasteiger partial charge in [0.05, 0.1) is 29.4 Å². The maximum absolute atomic E-state index is 14.8. The van der Waals surface area contributed by atoms with E-state index < -0.39 is 11.6 Å². The Kier molecular flexibility index (Phi) is 5.16. The smallest absolute Gasteiger partial charge is 0.263 e. The highest BCUT2D eigenvalue weighted by molar-refractivity contribution is 5.93. The summed E-state index contributed by atoms with van der Waals surface area (Å²) in [6, 6.07) is 4.84. The Labute approximate surface area is 188 Å². The predicted octanol–water partition coefficient (Wildman–Crippen LogP) is 2.89. The molecule has 1 aromatic carbocycles. The summed E-state index contributed by atoms with van der Waals surface area (Å²) in [5, 5.41) is 4.35. The van der Waals surface area contributed by atoms with E-state index in [1.807, 2.05) is 18.1 Å². The first-order chi connectivity index (χ1) is 15.8. The maximum Gasteiger partial charge on any atom is 0.263 e. The Morgan fingerprint density at radius 2 is 1.97 bits per heavy atom. The molecule has 33 heavy (non-hydrogen) atoms. The number of rotatable bonds is 3. The number of benzene rings is 1. The summed E-state index contributed by atoms with van der Waals surface area (Å²) < 4.78 is 37.8. The van der Waals surface area contributed by atoms with Gasteiger partial charge in [-0.3, -0.25) is 14.0 Å². The first-order valence-electron chi connectivity index (χ1n) is 10.5. The monoisotopic (exact) mass is 452 g/mol. The number of hydrogen-bond donors (Lipinski definition) is 0. The normalized spacial score (nSPS) is 16.5. The van der Waals surface area contributed by atoms with Crippen LogP contribution in [0.4, 0.5) is 14.6 Å². The van der Waals surface area contributed by atoms with Crippen molar-refractivity contribution in [3.63, 3.8) is 0 Å². The number of aryl methyl sites for hydroxylation is 2. The molecule has 0 N–H and O–H groups in total. The van der Waals surface area contributed by atoms with Crippen LogP contribution in [-0.2, 0) is 18.8 Å². The first kappa shape index (κ1) is 21.2. The third-order valence-corrected chi connectivity index (χ3v) is 5.94. The largest absolute Gasteiger partial charge is 0.370 e. The molecule has 0 bridgehead atoms. The van der Waals surface area contributed by atoms with Crippen molar-refractivity contribution in [2.45, 2.75) is 13.0 Å². The molecule has 4 heterocycles. The Balaban J connectivity index is 1.68. The fraction of sp³-hybridized carbons (Fsp3) is 0.304. The molecule has 0 amide bonds. The quantitative estimate of drug-likeness (QED) is 0.476. The van der Waals surface area contributed by atoms with Gasteiger partial charge in [-0.1, -0.05) is 0 Å². The van der Waals surface area contributed by atoms with E-state index in [1.54, 1.807) is 30.9 Å². The predicted molar refractivity (Wildman–Crippen MR) is 119 cm³/mol. The molecule has 10 heteroatoms. The molecule has 1 atom stereocenters. The lowest BCUT2D eigenvalue weighted by atomic mass is 10.1. The fourth-order valence-electron chi connectivity index (χ4n) is 4.08. The summed E-state index contributed by atoms with van der Waals surface area (Å²) in [4.78, 5) is 24.3. The van der Waals surface area contributed by atoms with Gasteiger partial charge in [0.15, 0.2) is 0 Å². The minimum absolute atomic E-state index is 0.0667. The molecule has 1 saturated heterocycles. The number of ether oxygens (including phenoxy) is 1. The summed E-state index contributed by atoms with van der Waals surface area (Å²) in [5.41, 5.74) is 0.926. The summed E-state index contributed by atoms with van der Waals surface area (Å²) in [7, 11) is 3.42. The van der Waals surface area contributed by atoms with Gasteiger partial charge in [0.25, 0.3) is 5.56 Å². The number of morpholine rings is 1. The van der Waals surface area contributed by atoms with Crippen molar-refractivity contribution >= 4 is 16.7 Å². The van der Waals surface area contributed by atoms with E-state index in [-0.39, 0.29) is 28.3 Å². The zero-order valence-electron chi connectivity index (χ0n) is 18.4. The second kappa shape index (κ2) is 8.04. The molecule has 170 valence electrons. The van der Waals surface area contributed by atoms with Crippen molar-refractivity contribution < 1.29 is 13.5 Å². The van der Waals surface area contributed by atoms with Gasteiger partial charge in [0, 0.05) is 50.6 Å². The highest BCUT2D eigenvalue weighted by Crippen LogP contribution is 2.32. The van der Waals surface area contributed by atoms with Crippen LogP contribution in [0.2, 0.25) is 0 Å². The number of pyridine rings is 1. The minimum Gasteiger partial charge on any atom is -0.370 e. The lowest BCUT2D eigenvalue weighted by molar-refractivity contribution is 0.0395. The van der Waals surface area contributed by atoms with Crippen LogP contribution in [0.1, 0.15) is 17.5 Å². The Morgan fingerprint density at radius 1 is 1.15 bits per heavy atom. The zero-order chi connectivity index (χ0) is 23.3. The van der Waals surface area contributed by atoms with Crippen LogP contribution in [0.5, 0.6) is 0 Å². The molecule has 1 fully saturated rings. The molecule has 8 nitrogen and oxygen atoms in total. The summed E-state index contributed by atoms with van der Waals surface area (Å²) in [5.74, 6) is -0.268. The lowest BCUT2D eigenvalue weighted by Gasteiger charge is -2.33. The Morgan fingerprint density at radius 3 is 2.73 bits per heavy atom. The second-order valence-corrected chi connectivity index (χ2v) is 8.12. The van der Waals surface area contributed by atoms with Crippen LogP contribution in [0, 0.1) is 18.6 Å². The van der Waals surface area contributed by atoms with Crippen LogP contribution >= 0.6 is 0 Å². The molecule has 5 rings (SSSR count). The number of halogens is 2. The van der Waals surface area contributed by atoms with Crippen LogP contribution in [-0.4, -0.2) is 44.0 Å². The van der Waals surface area contributed by atoms with Crippen LogP contribution in [0.3, 0.4) is 0 Å². The van der Waals surface area contributed by atoms with Crippen molar-refractivity contribution in [3.05, 3.63) is 70.0 Å². The van der Waals surface area contributed by atoms with Gasteiger partial charge in [-0.2, -0.15) is 5.10 Å². The van der Waals surface area contributed by atoms with Gasteiger partial charge >= 0.3 is 0 Å². The van der Waals surface area contributed by atoms with Crippen molar-refractivity contribution in [1.82, 2.24) is 24.3 Å². The molecule has 1 aliphatic heterocycles. The van der Waals surface area contributed by atoms with Gasteiger partial charge in [-0.15, -0.1) is 0 Å². The Bertz CT molecular complexity index is 1430. The van der Waals surface area contributed by atoms with E-state index in [4.69, 9.17) is 4.74 Å². The van der Waals surface area contributed by atoms with Crippen LogP contribution in [0.25, 0.3) is 22.2 Å². The van der Waals surface area contributed by atoms with Crippen molar-refractivity contribution in [1.29, 1.82) is 0 Å². The number of hydrogen-bond acceptors (Lipinski definition) is 6. The van der Waals surface area contributed by atoms with Crippen molar-refractivity contribution in [2.75, 3.05) is 24.6 Å². The molecule has 0 spiro atoms. The molecule has 3 aromatic heterocycles. The van der Waals surface area contributed by atoms with Gasteiger partial charge in [-0.05, 0) is 25.1 Å². The third-order valence-electron chi connectivity index (χ3n) is 5.94. The minimum atomic E-state index is -0.666. The van der Waals surface area contributed by atoms with Gasteiger partial charge < -0.3 is 9.64 Å². The van der Waals surface area contributed by atoms with E-state index in [0.717, 1.165) is 23.8 Å². The summed E-state index contributed by atoms with van der Waals surface area (Å²) in [6.07, 6.45) is 3.42. The molecule has 1 unspecified atom stereocenters. The SMILES string of the molecule is Cc1nc2cc(N3CCOC(c4cnn(C)c4)C3)nc(-c3cc(F)ccc3F)c2c(=O)n1C. The number of fused-ring (bicyclic) bond motifs is 1. The molecule has 0 saturated carbocycles. The van der Waals surface area contributed by atoms with E-state index in [1.165, 1.54) is 4.57 Å². The van der Waals surface area contributed by atoms with Gasteiger partial charge in [0.1, 0.15) is 29.4 Å². The number of aromatic nitrogens is 5. The van der Waals surface area contributed by atoms with Crippen LogP contribution in [0.15, 0.2) is 41.5 Å². The average Bonchev–Trinajstić information content (AvgIpc) is 3.25. The molecule has 0 radical (unpaired) electrons. The van der Waals surface area contributed by atoms with E-state index in [0.29, 0.717) is 36.9 Å². The molecular formula is C23H22F2N6O2. The topological polar surface area (TPSA) is 78.1 Å². The zero-order valence-corrected chi connectivity index (χ0v) is 18.4. The molecule has 1 aliphatic rings. The van der Waals surface area contributed by atoms with Crippen molar-refractivity contribution in [2.24, 2.45) is 14.1 Å². The standard InChI is InChI=1S/C23H22F2N6O2/c1-13-27-18-9-20(31-6-7-33-19(12-31)14-10-26-29(2)11-14)28-22(21(18)23(32)30(13)3)16-8-15(24)4-5-17(16)25/h4-5,8-11,19H,6-7,12H2,1-3H3. The highest BCUT2D eigenvalue weighted by Gasteiger charge is 2.26. The van der Waals surface area contributed by atoms with E-state index in [2.05, 4.69) is 15.1 Å². The average molecular weight is 452 g/mol. The fourth-order valence-corrected chi connectivity index (χ4v) is 4.08. The third kappa shape index (κ3) is 3.76. The summed E-state index contributed by atoms with van der Waals surface area (Å²) >= 11 is 0. The lowest BCUT2D eigenvalue weighted by Crippen LogP contribution is -2.39. The Hall–Kier alpha value is -3.66. The summed E-state index contributed by atoms with van der Waals surface area (Å²) in [6.45, 7) is 3.20. The molecule has 4 aromatic rings. The van der Waals surface area contributed by atoms with Crippen molar-refractivity contribution in [3.8, 4) is 11.3 Å². The van der Waals surface area contributed by atoms with Crippen LogP contribution < -0.4 is 10.5 Å². The number of nitrogens with zero attached hydrogens (tertiary/aromatic N) is 6. The van der Waals surface area contributed by atoms with E-state index in [9.17, 15) is 13.6 Å². The number of anilines is 1. The molecule has 0 aliphatic carbocycles. The van der Waals surface area contributed by atoms with E-state index >= 15 is 0 Å². The van der Waals surface area contributed by atoms with Gasteiger partial charge in [-0.25, -0.2) is 18.7 Å².